The Bertz CT molecular complexity index is 1070. The zero-order chi connectivity index (χ0) is 22.9. The highest BCUT2D eigenvalue weighted by Crippen LogP contribution is 2.26. The molecule has 9 heteroatoms. The maximum absolute atomic E-state index is 12.0. The Morgan fingerprint density at radius 2 is 1.78 bits per heavy atom. The number of carbonyl (C=O) groups excluding carboxylic acids is 2. The Morgan fingerprint density at radius 1 is 1.03 bits per heavy atom. The number of pyridine rings is 1. The number of amides is 1. The van der Waals surface area contributed by atoms with E-state index in [2.05, 4.69) is 26.2 Å². The summed E-state index contributed by atoms with van der Waals surface area (Å²) in [5.41, 5.74) is 0.829. The fourth-order valence-corrected chi connectivity index (χ4v) is 3.08. The summed E-state index contributed by atoms with van der Waals surface area (Å²) in [6.45, 7) is 3.74. The molecule has 0 aliphatic carbocycles. The zero-order valence-corrected chi connectivity index (χ0v) is 19.3. The van der Waals surface area contributed by atoms with E-state index in [1.165, 1.54) is 0 Å². The summed E-state index contributed by atoms with van der Waals surface area (Å²) in [4.78, 5) is 27.7. The highest BCUT2D eigenvalue weighted by atomic mass is 79.9. The fraction of sp³-hybridized carbons (Fsp3) is 0.261. The molecule has 2 aromatic carbocycles. The number of halogens is 1. The van der Waals surface area contributed by atoms with E-state index in [1.807, 2.05) is 24.3 Å². The Morgan fingerprint density at radius 3 is 2.53 bits per heavy atom. The average Bonchev–Trinajstić information content (AvgIpc) is 2.78. The van der Waals surface area contributed by atoms with Gasteiger partial charge in [0.05, 0.1) is 18.7 Å². The molecule has 1 aromatic heterocycles. The van der Waals surface area contributed by atoms with E-state index < -0.39 is 18.2 Å². The van der Waals surface area contributed by atoms with Gasteiger partial charge in [-0.3, -0.25) is 0 Å². The van der Waals surface area contributed by atoms with Gasteiger partial charge < -0.3 is 24.3 Å². The largest absolute Gasteiger partial charge is 0.479 e. The number of nitrogens with one attached hydrogen (secondary N) is 1. The molecule has 32 heavy (non-hydrogen) atoms. The van der Waals surface area contributed by atoms with Gasteiger partial charge in [-0.1, -0.05) is 15.9 Å². The Labute approximate surface area is 194 Å². The molecule has 1 heterocycles. The number of carbonyl (C=O) groups is 2. The van der Waals surface area contributed by atoms with Gasteiger partial charge in [-0.2, -0.15) is 0 Å². The van der Waals surface area contributed by atoms with Crippen molar-refractivity contribution in [2.45, 2.75) is 20.0 Å². The first kappa shape index (κ1) is 23.3. The van der Waals surface area contributed by atoms with Crippen LogP contribution in [0.5, 0.6) is 17.4 Å². The second kappa shape index (κ2) is 11.3. The van der Waals surface area contributed by atoms with Crippen LogP contribution >= 0.6 is 15.9 Å². The number of aromatic nitrogens is 1. The summed E-state index contributed by atoms with van der Waals surface area (Å²) in [6.07, 6.45) is -1.37. The summed E-state index contributed by atoms with van der Waals surface area (Å²) in [6, 6.07) is 16.4. The van der Waals surface area contributed by atoms with Crippen LogP contribution < -0.4 is 14.8 Å². The van der Waals surface area contributed by atoms with Crippen LogP contribution in [0.1, 0.15) is 13.8 Å². The van der Waals surface area contributed by atoms with Crippen LogP contribution in [0.3, 0.4) is 0 Å². The van der Waals surface area contributed by atoms with E-state index in [0.717, 1.165) is 15.4 Å². The van der Waals surface area contributed by atoms with Gasteiger partial charge in [0.25, 0.3) is 0 Å². The first-order chi connectivity index (χ1) is 15.4. The second-order valence-electron chi connectivity index (χ2n) is 6.63. The molecule has 168 valence electrons. The standard InChI is InChI=1S/C23H23BrN2O6/c1-3-29-23(28)25-12-13-30-22(27)15(2)31-18-6-8-19(9-7-18)32-21-11-4-16-14-17(24)5-10-20(16)26-21/h4-11,14-15H,3,12-13H2,1-2H3,(H,25,28)/t15-/m1/s1. The molecule has 0 aliphatic heterocycles. The van der Waals surface area contributed by atoms with Crippen molar-refractivity contribution in [2.24, 2.45) is 0 Å². The Balaban J connectivity index is 1.48. The van der Waals surface area contributed by atoms with Crippen molar-refractivity contribution < 1.29 is 28.5 Å². The Hall–Kier alpha value is -3.33. The number of ether oxygens (including phenoxy) is 4. The quantitative estimate of drug-likeness (QED) is 0.330. The molecule has 8 nitrogen and oxygen atoms in total. The lowest BCUT2D eigenvalue weighted by molar-refractivity contribution is -0.150. The van der Waals surface area contributed by atoms with Gasteiger partial charge in [0.15, 0.2) is 6.10 Å². The van der Waals surface area contributed by atoms with Gasteiger partial charge in [-0.05, 0) is 62.4 Å². The maximum atomic E-state index is 12.0. The number of hydrogen-bond acceptors (Lipinski definition) is 7. The third-order valence-electron chi connectivity index (χ3n) is 4.21. The monoisotopic (exact) mass is 502 g/mol. The lowest BCUT2D eigenvalue weighted by Crippen LogP contribution is -2.31. The van der Waals surface area contributed by atoms with Crippen LogP contribution in [0.2, 0.25) is 0 Å². The number of hydrogen-bond donors (Lipinski definition) is 1. The number of rotatable bonds is 9. The first-order valence-electron chi connectivity index (χ1n) is 10.0. The van der Waals surface area contributed by atoms with E-state index in [-0.39, 0.29) is 19.8 Å². The van der Waals surface area contributed by atoms with Gasteiger partial charge in [0.2, 0.25) is 5.88 Å². The van der Waals surface area contributed by atoms with E-state index in [4.69, 9.17) is 18.9 Å². The fourth-order valence-electron chi connectivity index (χ4n) is 2.70. The van der Waals surface area contributed by atoms with Crippen LogP contribution in [0.25, 0.3) is 10.9 Å². The number of esters is 1. The second-order valence-corrected chi connectivity index (χ2v) is 7.55. The van der Waals surface area contributed by atoms with E-state index in [0.29, 0.717) is 17.4 Å². The van der Waals surface area contributed by atoms with E-state index in [1.54, 1.807) is 44.2 Å². The number of benzene rings is 2. The van der Waals surface area contributed by atoms with Gasteiger partial charge in [0.1, 0.15) is 18.1 Å². The molecule has 1 N–H and O–H groups in total. The minimum absolute atomic E-state index is 0.0217. The molecule has 0 bridgehead atoms. The number of alkyl carbamates (subject to hydrolysis) is 1. The van der Waals surface area contributed by atoms with Crippen molar-refractivity contribution in [3.05, 3.63) is 59.1 Å². The van der Waals surface area contributed by atoms with Crippen LogP contribution in [0, 0.1) is 0 Å². The van der Waals surface area contributed by atoms with E-state index in [9.17, 15) is 9.59 Å². The van der Waals surface area contributed by atoms with Gasteiger partial charge >= 0.3 is 12.1 Å². The van der Waals surface area contributed by atoms with E-state index >= 15 is 0 Å². The summed E-state index contributed by atoms with van der Waals surface area (Å²) >= 11 is 3.44. The van der Waals surface area contributed by atoms with Crippen LogP contribution in [-0.4, -0.2) is 42.9 Å². The third-order valence-corrected chi connectivity index (χ3v) is 4.70. The highest BCUT2D eigenvalue weighted by molar-refractivity contribution is 9.10. The van der Waals surface area contributed by atoms with Gasteiger partial charge in [0, 0.05) is 15.9 Å². The van der Waals surface area contributed by atoms with Crippen molar-refractivity contribution in [3.8, 4) is 17.4 Å². The SMILES string of the molecule is CCOC(=O)NCCOC(=O)[C@@H](C)Oc1ccc(Oc2ccc3cc(Br)ccc3n2)cc1. The lowest BCUT2D eigenvalue weighted by atomic mass is 10.2. The van der Waals surface area contributed by atoms with Crippen molar-refractivity contribution in [1.82, 2.24) is 10.3 Å². The molecule has 0 aliphatic rings. The molecule has 0 unspecified atom stereocenters. The topological polar surface area (TPSA) is 96.0 Å². The molecule has 1 atom stereocenters. The molecular formula is C23H23BrN2O6. The van der Waals surface area contributed by atoms with Crippen LogP contribution in [-0.2, 0) is 14.3 Å². The number of nitrogens with zero attached hydrogens (tertiary/aromatic N) is 1. The minimum Gasteiger partial charge on any atom is -0.479 e. The molecule has 3 rings (SSSR count). The lowest BCUT2D eigenvalue weighted by Gasteiger charge is -2.14. The molecular weight excluding hydrogens is 480 g/mol. The van der Waals surface area contributed by atoms with Crippen LogP contribution in [0.4, 0.5) is 4.79 Å². The molecule has 0 radical (unpaired) electrons. The molecule has 0 saturated carbocycles. The molecule has 0 fully saturated rings. The maximum Gasteiger partial charge on any atom is 0.407 e. The smallest absolute Gasteiger partial charge is 0.407 e. The normalized spacial score (nSPS) is 11.5. The van der Waals surface area contributed by atoms with Gasteiger partial charge in [-0.25, -0.2) is 14.6 Å². The highest BCUT2D eigenvalue weighted by Gasteiger charge is 2.16. The predicted octanol–water partition coefficient (Wildman–Crippen LogP) is 4.85. The molecule has 0 spiro atoms. The summed E-state index contributed by atoms with van der Waals surface area (Å²) < 4.78 is 22.2. The third kappa shape index (κ3) is 6.84. The predicted molar refractivity (Wildman–Crippen MR) is 122 cm³/mol. The summed E-state index contributed by atoms with van der Waals surface area (Å²) in [7, 11) is 0. The number of fused-ring (bicyclic) bond motifs is 1. The van der Waals surface area contributed by atoms with Crippen LogP contribution in [0.15, 0.2) is 59.1 Å². The Kier molecular flexibility index (Phi) is 8.27. The summed E-state index contributed by atoms with van der Waals surface area (Å²) in [5, 5.41) is 3.47. The molecule has 1 amide bonds. The van der Waals surface area contributed by atoms with Gasteiger partial charge in [-0.15, -0.1) is 0 Å². The molecule has 0 saturated heterocycles. The summed E-state index contributed by atoms with van der Waals surface area (Å²) in [5.74, 6) is 1.01. The minimum atomic E-state index is -0.814. The average molecular weight is 503 g/mol. The van der Waals surface area contributed by atoms with Crippen molar-refractivity contribution in [1.29, 1.82) is 0 Å². The van der Waals surface area contributed by atoms with Crippen molar-refractivity contribution >= 4 is 38.9 Å². The molecule has 3 aromatic rings. The first-order valence-corrected chi connectivity index (χ1v) is 10.8. The van der Waals surface area contributed by atoms with Crippen molar-refractivity contribution in [3.63, 3.8) is 0 Å². The zero-order valence-electron chi connectivity index (χ0n) is 17.7. The van der Waals surface area contributed by atoms with Crippen molar-refractivity contribution in [2.75, 3.05) is 19.8 Å².